The zero-order valence-corrected chi connectivity index (χ0v) is 19.2. The van der Waals surface area contributed by atoms with Crippen molar-refractivity contribution in [3.05, 3.63) is 83.0 Å². The van der Waals surface area contributed by atoms with E-state index in [-0.39, 0.29) is 11.3 Å². The molecule has 1 aliphatic heterocycles. The minimum absolute atomic E-state index is 0.0375. The van der Waals surface area contributed by atoms with Crippen LogP contribution >= 0.6 is 0 Å². The van der Waals surface area contributed by atoms with Gasteiger partial charge in [0.1, 0.15) is 0 Å². The van der Waals surface area contributed by atoms with E-state index in [1.165, 1.54) is 12.0 Å². The Hall–Kier alpha value is -3.03. The van der Waals surface area contributed by atoms with Crippen molar-refractivity contribution in [3.63, 3.8) is 0 Å². The number of aromatic carboxylic acids is 1. The van der Waals surface area contributed by atoms with Crippen molar-refractivity contribution in [2.24, 2.45) is 0 Å². The summed E-state index contributed by atoms with van der Waals surface area (Å²) in [6.07, 6.45) is 4.44. The molecule has 176 valence electrons. The highest BCUT2D eigenvalue weighted by Crippen LogP contribution is 2.48. The lowest BCUT2D eigenvalue weighted by Crippen LogP contribution is -2.30. The summed E-state index contributed by atoms with van der Waals surface area (Å²) in [6, 6.07) is 18.4. The first-order valence-electron chi connectivity index (χ1n) is 12.3. The number of hydrogen-bond acceptors (Lipinski definition) is 6. The lowest BCUT2D eigenvalue weighted by atomic mass is 10.1. The van der Waals surface area contributed by atoms with Gasteiger partial charge in [0.25, 0.3) is 0 Å². The predicted molar refractivity (Wildman–Crippen MR) is 127 cm³/mol. The molecule has 3 fully saturated rings. The molecule has 2 saturated carbocycles. The van der Waals surface area contributed by atoms with Crippen LogP contribution < -0.4 is 5.32 Å². The van der Waals surface area contributed by atoms with Crippen LogP contribution in [-0.2, 0) is 12.0 Å². The van der Waals surface area contributed by atoms with Gasteiger partial charge >= 0.3 is 5.97 Å². The van der Waals surface area contributed by atoms with Crippen LogP contribution in [-0.4, -0.2) is 51.8 Å². The van der Waals surface area contributed by atoms with Gasteiger partial charge in [-0.3, -0.25) is 4.90 Å². The second kappa shape index (κ2) is 8.64. The first-order valence-corrected chi connectivity index (χ1v) is 12.3. The predicted octanol–water partition coefficient (Wildman–Crippen LogP) is 3.93. The molecule has 34 heavy (non-hydrogen) atoms. The number of carboxylic acid groups (broad SMARTS) is 1. The first-order chi connectivity index (χ1) is 16.6. The molecular weight excluding hydrogens is 428 g/mol. The Kier molecular flexibility index (Phi) is 5.46. The van der Waals surface area contributed by atoms with Gasteiger partial charge in [0, 0.05) is 37.0 Å². The van der Waals surface area contributed by atoms with Crippen LogP contribution in [0.3, 0.4) is 0 Å². The van der Waals surface area contributed by atoms with Crippen LogP contribution in [0.25, 0.3) is 0 Å². The number of carboxylic acids is 1. The highest BCUT2D eigenvalue weighted by Gasteiger charge is 2.50. The van der Waals surface area contributed by atoms with Crippen molar-refractivity contribution >= 4 is 5.97 Å². The molecular formula is C27H30N4O3. The van der Waals surface area contributed by atoms with Crippen LogP contribution in [0.4, 0.5) is 0 Å². The maximum Gasteiger partial charge on any atom is 0.335 e. The molecule has 1 saturated heterocycles. The van der Waals surface area contributed by atoms with E-state index in [9.17, 15) is 4.79 Å². The first kappa shape index (κ1) is 21.5. The molecule has 2 aliphatic carbocycles. The average molecular weight is 459 g/mol. The van der Waals surface area contributed by atoms with Crippen molar-refractivity contribution in [2.45, 2.75) is 55.5 Å². The summed E-state index contributed by atoms with van der Waals surface area (Å²) < 4.78 is 5.75. The van der Waals surface area contributed by atoms with Gasteiger partial charge in [-0.15, -0.1) is 0 Å². The van der Waals surface area contributed by atoms with Gasteiger partial charge in [0.05, 0.1) is 11.5 Å². The number of likely N-dealkylation sites (tertiary alicyclic amines) is 1. The van der Waals surface area contributed by atoms with E-state index in [4.69, 9.17) is 14.6 Å². The Balaban J connectivity index is 1.02. The quantitative estimate of drug-likeness (QED) is 0.502. The summed E-state index contributed by atoms with van der Waals surface area (Å²) in [6.45, 7) is 3.57. The van der Waals surface area contributed by atoms with E-state index >= 15 is 0 Å². The maximum absolute atomic E-state index is 11.0. The molecule has 3 unspecified atom stereocenters. The van der Waals surface area contributed by atoms with Crippen molar-refractivity contribution in [1.82, 2.24) is 20.4 Å². The Labute approximate surface area is 199 Å². The normalized spacial score (nSPS) is 25.4. The molecule has 0 amide bonds. The molecule has 3 aromatic rings. The minimum atomic E-state index is -0.892. The monoisotopic (exact) mass is 458 g/mol. The standard InChI is InChI=1S/C27H30N4O3/c32-25(33)20-8-6-18(7-9-20)15-31-13-10-21(16-31)24-29-26(30-34-24)27(11-12-27)17-28-23-14-22(23)19-4-2-1-3-5-19/h1-9,21-23,28H,10-17H2,(H,32,33). The zero-order valence-electron chi connectivity index (χ0n) is 19.2. The number of nitrogens with one attached hydrogen (secondary N) is 1. The number of aromatic nitrogens is 2. The Bertz CT molecular complexity index is 1160. The average Bonchev–Trinajstić information content (AvgIpc) is 3.71. The molecule has 6 rings (SSSR count). The van der Waals surface area contributed by atoms with E-state index in [0.717, 1.165) is 62.7 Å². The van der Waals surface area contributed by atoms with E-state index in [2.05, 4.69) is 45.7 Å². The number of benzene rings is 2. The summed E-state index contributed by atoms with van der Waals surface area (Å²) in [4.78, 5) is 18.3. The molecule has 7 heteroatoms. The van der Waals surface area contributed by atoms with E-state index in [0.29, 0.717) is 17.5 Å². The molecule has 2 aromatic carbocycles. The molecule has 3 aliphatic rings. The van der Waals surface area contributed by atoms with Crippen LogP contribution in [0.15, 0.2) is 59.1 Å². The van der Waals surface area contributed by atoms with Crippen LogP contribution in [0.5, 0.6) is 0 Å². The highest BCUT2D eigenvalue weighted by atomic mass is 16.5. The fourth-order valence-corrected chi connectivity index (χ4v) is 5.25. The highest BCUT2D eigenvalue weighted by molar-refractivity contribution is 5.87. The fourth-order valence-electron chi connectivity index (χ4n) is 5.25. The molecule has 3 atom stereocenters. The summed E-state index contributed by atoms with van der Waals surface area (Å²) >= 11 is 0. The molecule has 0 radical (unpaired) electrons. The third kappa shape index (κ3) is 4.38. The lowest BCUT2D eigenvalue weighted by molar-refractivity contribution is 0.0697. The second-order valence-corrected chi connectivity index (χ2v) is 10.2. The van der Waals surface area contributed by atoms with Gasteiger partial charge in [0.15, 0.2) is 5.82 Å². The Morgan fingerprint density at radius 2 is 1.94 bits per heavy atom. The summed E-state index contributed by atoms with van der Waals surface area (Å²) in [5.74, 6) is 1.63. The Morgan fingerprint density at radius 1 is 1.15 bits per heavy atom. The van der Waals surface area contributed by atoms with E-state index < -0.39 is 5.97 Å². The van der Waals surface area contributed by atoms with E-state index in [1.54, 1.807) is 12.1 Å². The van der Waals surface area contributed by atoms with Crippen molar-refractivity contribution in [3.8, 4) is 0 Å². The summed E-state index contributed by atoms with van der Waals surface area (Å²) in [7, 11) is 0. The fraction of sp³-hybridized carbons (Fsp3) is 0.444. The van der Waals surface area contributed by atoms with Gasteiger partial charge < -0.3 is 14.9 Å². The maximum atomic E-state index is 11.0. The second-order valence-electron chi connectivity index (χ2n) is 10.2. The molecule has 2 heterocycles. The van der Waals surface area contributed by atoms with Gasteiger partial charge in [-0.05, 0) is 55.5 Å². The SMILES string of the molecule is O=C(O)c1ccc(CN2CCC(c3nc(C4(CNC5CC5c5ccccc5)CC4)no3)C2)cc1. The molecule has 0 spiro atoms. The van der Waals surface area contributed by atoms with Crippen molar-refractivity contribution in [2.75, 3.05) is 19.6 Å². The third-order valence-electron chi connectivity index (χ3n) is 7.72. The molecule has 0 bridgehead atoms. The number of hydrogen-bond donors (Lipinski definition) is 2. The third-order valence-corrected chi connectivity index (χ3v) is 7.72. The minimum Gasteiger partial charge on any atom is -0.478 e. The molecule has 1 aromatic heterocycles. The number of carbonyl (C=O) groups is 1. The van der Waals surface area contributed by atoms with Crippen LogP contribution in [0, 0.1) is 0 Å². The summed E-state index contributed by atoms with van der Waals surface area (Å²) in [5.41, 5.74) is 2.90. The number of nitrogens with zero attached hydrogens (tertiary/aromatic N) is 3. The van der Waals surface area contributed by atoms with Gasteiger partial charge in [-0.25, -0.2) is 4.79 Å². The van der Waals surface area contributed by atoms with Crippen molar-refractivity contribution in [1.29, 1.82) is 0 Å². The van der Waals surface area contributed by atoms with Crippen LogP contribution in [0.1, 0.15) is 70.7 Å². The van der Waals surface area contributed by atoms with Gasteiger partial charge in [0.2, 0.25) is 5.89 Å². The number of rotatable bonds is 9. The zero-order chi connectivity index (χ0) is 23.1. The molecule has 2 N–H and O–H groups in total. The van der Waals surface area contributed by atoms with E-state index in [1.807, 2.05) is 12.1 Å². The van der Waals surface area contributed by atoms with Gasteiger partial charge in [-0.1, -0.05) is 47.6 Å². The lowest BCUT2D eigenvalue weighted by Gasteiger charge is -2.15. The van der Waals surface area contributed by atoms with Gasteiger partial charge in [-0.2, -0.15) is 4.98 Å². The van der Waals surface area contributed by atoms with Crippen molar-refractivity contribution < 1.29 is 14.4 Å². The largest absolute Gasteiger partial charge is 0.478 e. The molecule has 7 nitrogen and oxygen atoms in total. The topological polar surface area (TPSA) is 91.5 Å². The summed E-state index contributed by atoms with van der Waals surface area (Å²) in [5, 5.41) is 17.2. The van der Waals surface area contributed by atoms with Crippen LogP contribution in [0.2, 0.25) is 0 Å². The Morgan fingerprint density at radius 3 is 2.68 bits per heavy atom. The smallest absolute Gasteiger partial charge is 0.335 e.